The Morgan fingerprint density at radius 3 is 2.62 bits per heavy atom. The monoisotopic (exact) mass is 227 g/mol. The van der Waals surface area contributed by atoms with Crippen LogP contribution < -0.4 is 5.32 Å². The molecule has 0 aliphatic heterocycles. The van der Waals surface area contributed by atoms with Crippen LogP contribution in [0, 0.1) is 5.92 Å². The van der Waals surface area contributed by atoms with Gasteiger partial charge in [-0.25, -0.2) is 0 Å². The van der Waals surface area contributed by atoms with Crippen LogP contribution in [-0.2, 0) is 9.53 Å². The predicted octanol–water partition coefficient (Wildman–Crippen LogP) is 2.50. The van der Waals surface area contributed by atoms with Gasteiger partial charge in [0, 0.05) is 5.54 Å². The van der Waals surface area contributed by atoms with E-state index in [9.17, 15) is 4.79 Å². The Bertz CT molecular complexity index is 233. The van der Waals surface area contributed by atoms with Crippen molar-refractivity contribution in [1.82, 2.24) is 5.32 Å². The molecule has 0 aromatic heterocycles. The van der Waals surface area contributed by atoms with E-state index in [1.54, 1.807) is 0 Å². The SMILES string of the molecule is CC1CCCC(OC(=O)CNC(C)(C)C)C1. The van der Waals surface area contributed by atoms with Crippen LogP contribution in [0.5, 0.6) is 0 Å². The smallest absolute Gasteiger partial charge is 0.320 e. The third kappa shape index (κ3) is 5.50. The summed E-state index contributed by atoms with van der Waals surface area (Å²) in [5, 5.41) is 3.15. The van der Waals surface area contributed by atoms with Crippen molar-refractivity contribution in [1.29, 1.82) is 0 Å². The molecule has 2 unspecified atom stereocenters. The van der Waals surface area contributed by atoms with E-state index in [-0.39, 0.29) is 17.6 Å². The van der Waals surface area contributed by atoms with Gasteiger partial charge < -0.3 is 10.1 Å². The third-order valence-corrected chi connectivity index (χ3v) is 2.95. The van der Waals surface area contributed by atoms with Crippen molar-refractivity contribution in [2.75, 3.05) is 6.54 Å². The second-order valence-corrected chi connectivity index (χ2v) is 5.99. The standard InChI is InChI=1S/C13H25NO2/c1-10-6-5-7-11(8-10)16-12(15)9-14-13(2,3)4/h10-11,14H,5-9H2,1-4H3. The first kappa shape index (κ1) is 13.5. The Balaban J connectivity index is 2.23. The second kappa shape index (κ2) is 5.67. The van der Waals surface area contributed by atoms with Crippen molar-refractivity contribution in [3.8, 4) is 0 Å². The van der Waals surface area contributed by atoms with E-state index < -0.39 is 0 Å². The summed E-state index contributed by atoms with van der Waals surface area (Å²) >= 11 is 0. The molecule has 16 heavy (non-hydrogen) atoms. The molecule has 1 aliphatic carbocycles. The Morgan fingerprint density at radius 1 is 1.38 bits per heavy atom. The van der Waals surface area contributed by atoms with Gasteiger partial charge in [-0.15, -0.1) is 0 Å². The van der Waals surface area contributed by atoms with Gasteiger partial charge >= 0.3 is 5.97 Å². The zero-order valence-electron chi connectivity index (χ0n) is 11.0. The van der Waals surface area contributed by atoms with Crippen molar-refractivity contribution in [2.45, 2.75) is 65.0 Å². The Labute approximate surface area is 98.9 Å². The van der Waals surface area contributed by atoms with Gasteiger partial charge in [0.15, 0.2) is 0 Å². The minimum atomic E-state index is -0.117. The first-order chi connectivity index (χ1) is 7.37. The van der Waals surface area contributed by atoms with Gasteiger partial charge in [-0.3, -0.25) is 4.79 Å². The molecule has 0 spiro atoms. The van der Waals surface area contributed by atoms with E-state index in [0.29, 0.717) is 12.5 Å². The van der Waals surface area contributed by atoms with Gasteiger partial charge in [-0.2, -0.15) is 0 Å². The molecular weight excluding hydrogens is 202 g/mol. The predicted molar refractivity (Wildman–Crippen MR) is 65.3 cm³/mol. The number of esters is 1. The molecule has 0 bridgehead atoms. The number of ether oxygens (including phenoxy) is 1. The molecule has 1 saturated carbocycles. The third-order valence-electron chi connectivity index (χ3n) is 2.95. The van der Waals surface area contributed by atoms with Gasteiger partial charge in [0.2, 0.25) is 0 Å². The molecule has 0 radical (unpaired) electrons. The number of carbonyl (C=O) groups is 1. The summed E-state index contributed by atoms with van der Waals surface area (Å²) in [6, 6.07) is 0. The second-order valence-electron chi connectivity index (χ2n) is 5.99. The molecule has 1 rings (SSSR count). The lowest BCUT2D eigenvalue weighted by Crippen LogP contribution is -2.41. The first-order valence-electron chi connectivity index (χ1n) is 6.31. The van der Waals surface area contributed by atoms with Crippen molar-refractivity contribution < 1.29 is 9.53 Å². The fraction of sp³-hybridized carbons (Fsp3) is 0.923. The van der Waals surface area contributed by atoms with E-state index >= 15 is 0 Å². The van der Waals surface area contributed by atoms with E-state index in [1.807, 2.05) is 20.8 Å². The van der Waals surface area contributed by atoms with Gasteiger partial charge in [-0.05, 0) is 46.0 Å². The van der Waals surface area contributed by atoms with Crippen LogP contribution in [0.3, 0.4) is 0 Å². The number of carbonyl (C=O) groups excluding carboxylic acids is 1. The van der Waals surface area contributed by atoms with E-state index in [0.717, 1.165) is 12.8 Å². The molecule has 0 saturated heterocycles. The fourth-order valence-electron chi connectivity index (χ4n) is 2.05. The van der Waals surface area contributed by atoms with Crippen molar-refractivity contribution in [3.05, 3.63) is 0 Å². The minimum Gasteiger partial charge on any atom is -0.461 e. The average molecular weight is 227 g/mol. The highest BCUT2D eigenvalue weighted by atomic mass is 16.5. The molecular formula is C13H25NO2. The zero-order valence-corrected chi connectivity index (χ0v) is 11.0. The quantitative estimate of drug-likeness (QED) is 0.753. The van der Waals surface area contributed by atoms with E-state index in [4.69, 9.17) is 4.74 Å². The minimum absolute atomic E-state index is 0.0289. The normalized spacial score (nSPS) is 26.5. The molecule has 2 atom stereocenters. The Kier molecular flexibility index (Phi) is 4.78. The molecule has 94 valence electrons. The Morgan fingerprint density at radius 2 is 2.06 bits per heavy atom. The van der Waals surface area contributed by atoms with Gasteiger partial charge in [0.1, 0.15) is 6.10 Å². The molecule has 1 fully saturated rings. The van der Waals surface area contributed by atoms with Crippen molar-refractivity contribution in [3.63, 3.8) is 0 Å². The first-order valence-corrected chi connectivity index (χ1v) is 6.31. The van der Waals surface area contributed by atoms with Crippen LogP contribution in [0.4, 0.5) is 0 Å². The largest absolute Gasteiger partial charge is 0.461 e. The highest BCUT2D eigenvalue weighted by Gasteiger charge is 2.22. The number of hydrogen-bond acceptors (Lipinski definition) is 3. The molecule has 0 heterocycles. The molecule has 1 N–H and O–H groups in total. The topological polar surface area (TPSA) is 38.3 Å². The average Bonchev–Trinajstić information content (AvgIpc) is 2.14. The summed E-state index contributed by atoms with van der Waals surface area (Å²) in [5.41, 5.74) is -0.0289. The van der Waals surface area contributed by atoms with Crippen LogP contribution in [0.1, 0.15) is 53.4 Å². The van der Waals surface area contributed by atoms with Crippen molar-refractivity contribution in [2.24, 2.45) is 5.92 Å². The summed E-state index contributed by atoms with van der Waals surface area (Å²) < 4.78 is 5.46. The highest BCUT2D eigenvalue weighted by molar-refractivity contribution is 5.71. The van der Waals surface area contributed by atoms with Crippen LogP contribution in [-0.4, -0.2) is 24.2 Å². The lowest BCUT2D eigenvalue weighted by atomic mass is 9.89. The summed E-state index contributed by atoms with van der Waals surface area (Å²) in [4.78, 5) is 11.6. The fourth-order valence-corrected chi connectivity index (χ4v) is 2.05. The lowest BCUT2D eigenvalue weighted by Gasteiger charge is -2.27. The molecule has 3 nitrogen and oxygen atoms in total. The van der Waals surface area contributed by atoms with Gasteiger partial charge in [0.25, 0.3) is 0 Å². The highest BCUT2D eigenvalue weighted by Crippen LogP contribution is 2.25. The summed E-state index contributed by atoms with van der Waals surface area (Å²) in [6.07, 6.45) is 4.67. The van der Waals surface area contributed by atoms with Gasteiger partial charge in [0.05, 0.1) is 6.54 Å². The van der Waals surface area contributed by atoms with Crippen LogP contribution in [0.15, 0.2) is 0 Å². The summed E-state index contributed by atoms with van der Waals surface area (Å²) in [7, 11) is 0. The van der Waals surface area contributed by atoms with Gasteiger partial charge in [-0.1, -0.05) is 13.3 Å². The Hall–Kier alpha value is -0.570. The number of hydrogen-bond donors (Lipinski definition) is 1. The zero-order chi connectivity index (χ0) is 12.2. The molecule has 1 aliphatic rings. The maximum absolute atomic E-state index is 11.6. The van der Waals surface area contributed by atoms with E-state index in [1.165, 1.54) is 12.8 Å². The number of rotatable bonds is 3. The van der Waals surface area contributed by atoms with Crippen LogP contribution in [0.25, 0.3) is 0 Å². The molecule has 3 heteroatoms. The van der Waals surface area contributed by atoms with E-state index in [2.05, 4.69) is 12.2 Å². The lowest BCUT2D eigenvalue weighted by molar-refractivity contribution is -0.150. The maximum atomic E-state index is 11.6. The molecule has 0 aromatic rings. The van der Waals surface area contributed by atoms with Crippen LogP contribution >= 0.6 is 0 Å². The number of nitrogens with one attached hydrogen (secondary N) is 1. The maximum Gasteiger partial charge on any atom is 0.320 e. The van der Waals surface area contributed by atoms with Crippen molar-refractivity contribution >= 4 is 5.97 Å². The summed E-state index contributed by atoms with van der Waals surface area (Å²) in [5.74, 6) is 0.580. The molecule has 0 aromatic carbocycles. The molecule has 0 amide bonds. The van der Waals surface area contributed by atoms with Crippen LogP contribution in [0.2, 0.25) is 0 Å². The summed E-state index contributed by atoms with van der Waals surface area (Å²) in [6.45, 7) is 8.68.